The summed E-state index contributed by atoms with van der Waals surface area (Å²) in [5, 5.41) is 6.17. The van der Waals surface area contributed by atoms with Crippen molar-refractivity contribution in [3.63, 3.8) is 0 Å². The van der Waals surface area contributed by atoms with Crippen molar-refractivity contribution >= 4 is 28.2 Å². The number of amides is 1. The van der Waals surface area contributed by atoms with Gasteiger partial charge in [0.05, 0.1) is 4.90 Å². The van der Waals surface area contributed by atoms with Crippen molar-refractivity contribution in [3.05, 3.63) is 29.8 Å². The molecule has 0 unspecified atom stereocenters. The van der Waals surface area contributed by atoms with Crippen LogP contribution >= 0.6 is 12.4 Å². The van der Waals surface area contributed by atoms with E-state index in [4.69, 9.17) is 0 Å². The van der Waals surface area contributed by atoms with E-state index in [2.05, 4.69) is 10.6 Å². The molecule has 1 saturated heterocycles. The fourth-order valence-electron chi connectivity index (χ4n) is 2.10. The van der Waals surface area contributed by atoms with Gasteiger partial charge in [0.1, 0.15) is 0 Å². The first-order valence-corrected chi connectivity index (χ1v) is 8.17. The van der Waals surface area contributed by atoms with Crippen LogP contribution in [0.4, 0.5) is 0 Å². The summed E-state index contributed by atoms with van der Waals surface area (Å²) in [6.45, 7) is 1.78. The fraction of sp³-hybridized carbons (Fsp3) is 0.462. The number of nitrogens with one attached hydrogen (secondary N) is 2. The number of piperidine rings is 1. The van der Waals surface area contributed by atoms with E-state index in [1.807, 2.05) is 0 Å². The lowest BCUT2D eigenvalue weighted by Gasteiger charge is -2.23. The molecule has 1 atom stereocenters. The minimum Gasteiger partial charge on any atom is -0.348 e. The van der Waals surface area contributed by atoms with Crippen LogP contribution in [0.5, 0.6) is 0 Å². The molecular weight excluding hydrogens is 300 g/mol. The Kier molecular flexibility index (Phi) is 5.98. The van der Waals surface area contributed by atoms with Gasteiger partial charge >= 0.3 is 0 Å². The predicted molar refractivity (Wildman–Crippen MR) is 80.2 cm³/mol. The SMILES string of the molecule is CS(=O)(=O)c1ccc(C(=O)N[C@H]2CCCNC2)cc1.Cl. The second-order valence-electron chi connectivity index (χ2n) is 4.81. The third-order valence-corrected chi connectivity index (χ3v) is 4.31. The van der Waals surface area contributed by atoms with Crippen LogP contribution in [0, 0.1) is 0 Å². The van der Waals surface area contributed by atoms with E-state index in [0.29, 0.717) is 5.56 Å². The molecule has 1 fully saturated rings. The van der Waals surface area contributed by atoms with Gasteiger partial charge in [0.15, 0.2) is 9.84 Å². The van der Waals surface area contributed by atoms with Crippen LogP contribution < -0.4 is 10.6 Å². The van der Waals surface area contributed by atoms with Crippen molar-refractivity contribution in [1.29, 1.82) is 0 Å². The zero-order valence-electron chi connectivity index (χ0n) is 11.3. The summed E-state index contributed by atoms with van der Waals surface area (Å²) in [5.74, 6) is -0.159. The van der Waals surface area contributed by atoms with Crippen LogP contribution in [0.3, 0.4) is 0 Å². The van der Waals surface area contributed by atoms with Gasteiger partial charge < -0.3 is 10.6 Å². The largest absolute Gasteiger partial charge is 0.348 e. The smallest absolute Gasteiger partial charge is 0.251 e. The van der Waals surface area contributed by atoms with Crippen LogP contribution in [-0.4, -0.2) is 39.7 Å². The Morgan fingerprint density at radius 3 is 2.45 bits per heavy atom. The summed E-state index contributed by atoms with van der Waals surface area (Å²) >= 11 is 0. The zero-order valence-corrected chi connectivity index (χ0v) is 12.9. The van der Waals surface area contributed by atoms with Gasteiger partial charge in [-0.15, -0.1) is 12.4 Å². The van der Waals surface area contributed by atoms with Gasteiger partial charge in [-0.05, 0) is 43.7 Å². The third-order valence-electron chi connectivity index (χ3n) is 3.18. The van der Waals surface area contributed by atoms with E-state index in [-0.39, 0.29) is 29.3 Å². The lowest BCUT2D eigenvalue weighted by Crippen LogP contribution is -2.45. The maximum Gasteiger partial charge on any atom is 0.251 e. The highest BCUT2D eigenvalue weighted by atomic mass is 35.5. The standard InChI is InChI=1S/C13H18N2O3S.ClH/c1-19(17,18)12-6-4-10(5-7-12)13(16)15-11-3-2-8-14-9-11;/h4-7,11,14H,2-3,8-9H2,1H3,(H,15,16);1H/t11-;/m0./s1. The molecule has 1 amide bonds. The Bertz CT molecular complexity index is 551. The number of benzene rings is 1. The van der Waals surface area contributed by atoms with E-state index in [1.165, 1.54) is 12.1 Å². The molecule has 1 heterocycles. The molecule has 2 rings (SSSR count). The van der Waals surface area contributed by atoms with E-state index < -0.39 is 9.84 Å². The van der Waals surface area contributed by atoms with Crippen molar-refractivity contribution in [2.24, 2.45) is 0 Å². The van der Waals surface area contributed by atoms with Crippen LogP contribution in [0.25, 0.3) is 0 Å². The average Bonchev–Trinajstić information content (AvgIpc) is 2.39. The number of carbonyl (C=O) groups excluding carboxylic acids is 1. The van der Waals surface area contributed by atoms with Crippen LogP contribution in [0.15, 0.2) is 29.2 Å². The highest BCUT2D eigenvalue weighted by Gasteiger charge is 2.16. The molecule has 7 heteroatoms. The molecular formula is C13H19ClN2O3S. The molecule has 20 heavy (non-hydrogen) atoms. The molecule has 0 bridgehead atoms. The van der Waals surface area contributed by atoms with Gasteiger partial charge in [-0.25, -0.2) is 8.42 Å². The molecule has 112 valence electrons. The summed E-state index contributed by atoms with van der Waals surface area (Å²) in [5.41, 5.74) is 0.484. The molecule has 0 radical (unpaired) electrons. The van der Waals surface area contributed by atoms with Crippen LogP contribution in [0.1, 0.15) is 23.2 Å². The molecule has 0 aromatic heterocycles. The average molecular weight is 319 g/mol. The molecule has 1 aliphatic heterocycles. The fourth-order valence-corrected chi connectivity index (χ4v) is 2.73. The molecule has 0 aliphatic carbocycles. The van der Waals surface area contributed by atoms with Crippen molar-refractivity contribution in [3.8, 4) is 0 Å². The van der Waals surface area contributed by atoms with Gasteiger partial charge in [0.2, 0.25) is 0 Å². The Morgan fingerprint density at radius 2 is 1.95 bits per heavy atom. The van der Waals surface area contributed by atoms with E-state index in [9.17, 15) is 13.2 Å². The number of halogens is 1. The number of carbonyl (C=O) groups is 1. The van der Waals surface area contributed by atoms with Crippen molar-refractivity contribution < 1.29 is 13.2 Å². The minimum absolute atomic E-state index is 0. The predicted octanol–water partition coefficient (Wildman–Crippen LogP) is 0.994. The number of hydrogen-bond acceptors (Lipinski definition) is 4. The maximum absolute atomic E-state index is 12.0. The van der Waals surface area contributed by atoms with Gasteiger partial charge in [-0.2, -0.15) is 0 Å². The number of rotatable bonds is 3. The van der Waals surface area contributed by atoms with E-state index in [1.54, 1.807) is 12.1 Å². The topological polar surface area (TPSA) is 75.3 Å². The second-order valence-corrected chi connectivity index (χ2v) is 6.83. The minimum atomic E-state index is -3.21. The van der Waals surface area contributed by atoms with Gasteiger partial charge in [0, 0.05) is 24.4 Å². The molecule has 1 aromatic carbocycles. The number of sulfone groups is 1. The molecule has 2 N–H and O–H groups in total. The molecule has 1 aromatic rings. The summed E-state index contributed by atoms with van der Waals surface area (Å²) in [6.07, 6.45) is 3.17. The van der Waals surface area contributed by atoms with Crippen LogP contribution in [0.2, 0.25) is 0 Å². The summed E-state index contributed by atoms with van der Waals surface area (Å²) in [4.78, 5) is 12.2. The molecule has 0 spiro atoms. The van der Waals surface area contributed by atoms with Crippen molar-refractivity contribution in [2.45, 2.75) is 23.8 Å². The van der Waals surface area contributed by atoms with Gasteiger partial charge in [0.25, 0.3) is 5.91 Å². The Morgan fingerprint density at radius 1 is 1.30 bits per heavy atom. The maximum atomic E-state index is 12.0. The number of hydrogen-bond donors (Lipinski definition) is 2. The first-order valence-electron chi connectivity index (χ1n) is 6.28. The third kappa shape index (κ3) is 4.47. The van der Waals surface area contributed by atoms with Gasteiger partial charge in [-0.1, -0.05) is 0 Å². The summed E-state index contributed by atoms with van der Waals surface area (Å²) in [7, 11) is -3.21. The van der Waals surface area contributed by atoms with Crippen molar-refractivity contribution in [1.82, 2.24) is 10.6 Å². The van der Waals surface area contributed by atoms with Crippen molar-refractivity contribution in [2.75, 3.05) is 19.3 Å². The van der Waals surface area contributed by atoms with E-state index in [0.717, 1.165) is 32.2 Å². The lowest BCUT2D eigenvalue weighted by atomic mass is 10.1. The second kappa shape index (κ2) is 7.06. The Labute approximate surface area is 125 Å². The highest BCUT2D eigenvalue weighted by molar-refractivity contribution is 7.90. The lowest BCUT2D eigenvalue weighted by molar-refractivity contribution is 0.0930. The quantitative estimate of drug-likeness (QED) is 0.871. The zero-order chi connectivity index (χ0) is 13.9. The first-order chi connectivity index (χ1) is 8.97. The van der Waals surface area contributed by atoms with E-state index >= 15 is 0 Å². The Hall–Kier alpha value is -1.11. The molecule has 0 saturated carbocycles. The molecule has 1 aliphatic rings. The van der Waals surface area contributed by atoms with Crippen LogP contribution in [-0.2, 0) is 9.84 Å². The monoisotopic (exact) mass is 318 g/mol. The summed E-state index contributed by atoms with van der Waals surface area (Å²) in [6, 6.07) is 6.16. The molecule has 5 nitrogen and oxygen atoms in total. The Balaban J connectivity index is 0.00000200. The summed E-state index contributed by atoms with van der Waals surface area (Å²) < 4.78 is 22.6. The normalized spacial score (nSPS) is 18.9. The first kappa shape index (κ1) is 16.9. The van der Waals surface area contributed by atoms with Gasteiger partial charge in [-0.3, -0.25) is 4.79 Å². The highest BCUT2D eigenvalue weighted by Crippen LogP contribution is 2.11.